The molecule has 2 unspecified atom stereocenters. The number of hydrogen-bond donors (Lipinski definition) is 1. The lowest BCUT2D eigenvalue weighted by Crippen LogP contribution is -2.40. The summed E-state index contributed by atoms with van der Waals surface area (Å²) < 4.78 is 5.62. The van der Waals surface area contributed by atoms with Crippen LogP contribution in [0.1, 0.15) is 58.4 Å². The van der Waals surface area contributed by atoms with Gasteiger partial charge in [0.15, 0.2) is 0 Å². The minimum Gasteiger partial charge on any atom is -0.494 e. The van der Waals surface area contributed by atoms with E-state index in [9.17, 15) is 5.11 Å². The van der Waals surface area contributed by atoms with Crippen LogP contribution in [0.4, 0.5) is 0 Å². The minimum atomic E-state index is -0.657. The monoisotopic (exact) mass is 276 g/mol. The Morgan fingerprint density at radius 2 is 1.95 bits per heavy atom. The van der Waals surface area contributed by atoms with Crippen LogP contribution in [0.3, 0.4) is 0 Å². The van der Waals surface area contributed by atoms with E-state index in [0.717, 1.165) is 43.6 Å². The van der Waals surface area contributed by atoms with Crippen molar-refractivity contribution < 1.29 is 9.84 Å². The van der Waals surface area contributed by atoms with Crippen LogP contribution in [0, 0.1) is 11.8 Å². The molecule has 2 nitrogen and oxygen atoms in total. The summed E-state index contributed by atoms with van der Waals surface area (Å²) in [6.45, 7) is 7.30. The van der Waals surface area contributed by atoms with E-state index in [1.165, 1.54) is 6.42 Å². The molecule has 0 bridgehead atoms. The predicted molar refractivity (Wildman–Crippen MR) is 82.9 cm³/mol. The summed E-state index contributed by atoms with van der Waals surface area (Å²) in [5.41, 5.74) is 0.398. The first-order valence-corrected chi connectivity index (χ1v) is 8.03. The Bertz CT molecular complexity index is 410. The van der Waals surface area contributed by atoms with E-state index >= 15 is 0 Å². The molecule has 1 aromatic carbocycles. The van der Waals surface area contributed by atoms with E-state index in [2.05, 4.69) is 20.8 Å². The maximum Gasteiger partial charge on any atom is 0.119 e. The molecule has 0 saturated heterocycles. The highest BCUT2D eigenvalue weighted by Crippen LogP contribution is 2.45. The lowest BCUT2D eigenvalue weighted by atomic mass is 9.67. The van der Waals surface area contributed by atoms with Crippen LogP contribution in [0.2, 0.25) is 0 Å². The third kappa shape index (κ3) is 3.17. The van der Waals surface area contributed by atoms with Crippen LogP contribution in [-0.2, 0) is 5.60 Å². The molecule has 1 saturated carbocycles. The molecule has 0 radical (unpaired) electrons. The van der Waals surface area contributed by atoms with Gasteiger partial charge in [-0.15, -0.1) is 0 Å². The van der Waals surface area contributed by atoms with Crippen molar-refractivity contribution in [1.29, 1.82) is 0 Å². The van der Waals surface area contributed by atoms with Gasteiger partial charge in [0.25, 0.3) is 0 Å². The Hall–Kier alpha value is -1.02. The van der Waals surface area contributed by atoms with Crippen LogP contribution in [0.15, 0.2) is 24.3 Å². The van der Waals surface area contributed by atoms with Gasteiger partial charge >= 0.3 is 0 Å². The fourth-order valence-corrected chi connectivity index (χ4v) is 3.49. The van der Waals surface area contributed by atoms with Crippen molar-refractivity contribution in [3.63, 3.8) is 0 Å². The molecule has 1 fully saturated rings. The van der Waals surface area contributed by atoms with E-state index in [-0.39, 0.29) is 0 Å². The molecular weight excluding hydrogens is 248 g/mol. The van der Waals surface area contributed by atoms with Crippen LogP contribution >= 0.6 is 0 Å². The Morgan fingerprint density at radius 3 is 2.55 bits per heavy atom. The second kappa shape index (κ2) is 6.62. The minimum absolute atomic E-state index is 0.360. The van der Waals surface area contributed by atoms with Gasteiger partial charge in [0.2, 0.25) is 0 Å². The molecule has 2 heteroatoms. The normalized spacial score (nSPS) is 26.8. The molecule has 112 valence electrons. The third-order valence-corrected chi connectivity index (χ3v) is 4.57. The lowest BCUT2D eigenvalue weighted by molar-refractivity contribution is -0.0721. The maximum absolute atomic E-state index is 11.2. The van der Waals surface area contributed by atoms with Gasteiger partial charge in [0.1, 0.15) is 5.75 Å². The Labute approximate surface area is 123 Å². The first-order chi connectivity index (χ1) is 9.58. The lowest BCUT2D eigenvalue weighted by Gasteiger charge is -2.42. The molecule has 0 spiro atoms. The van der Waals surface area contributed by atoms with E-state index < -0.39 is 5.60 Å². The number of benzene rings is 1. The zero-order chi connectivity index (χ0) is 14.6. The fourth-order valence-electron chi connectivity index (χ4n) is 3.49. The van der Waals surface area contributed by atoms with Gasteiger partial charge in [-0.1, -0.05) is 45.7 Å². The van der Waals surface area contributed by atoms with Crippen molar-refractivity contribution in [1.82, 2.24) is 0 Å². The van der Waals surface area contributed by atoms with E-state index in [4.69, 9.17) is 4.74 Å². The number of ether oxygens (including phenoxy) is 1. The SMILES string of the molecule is CCCOc1ccc(C2(O)CCCCC2C(C)C)cc1. The molecule has 2 atom stereocenters. The van der Waals surface area contributed by atoms with Crippen LogP contribution in [0.5, 0.6) is 5.75 Å². The van der Waals surface area contributed by atoms with Crippen molar-refractivity contribution >= 4 is 0 Å². The Morgan fingerprint density at radius 1 is 1.25 bits per heavy atom. The summed E-state index contributed by atoms with van der Waals surface area (Å²) in [5.74, 6) is 1.77. The predicted octanol–water partition coefficient (Wildman–Crippen LogP) is 4.51. The van der Waals surface area contributed by atoms with Gasteiger partial charge in [0, 0.05) is 0 Å². The van der Waals surface area contributed by atoms with Gasteiger partial charge in [-0.05, 0) is 48.8 Å². The Balaban J connectivity index is 2.19. The van der Waals surface area contributed by atoms with E-state index in [1.807, 2.05) is 24.3 Å². The molecule has 0 amide bonds. The first kappa shape index (κ1) is 15.4. The second-order valence-electron chi connectivity index (χ2n) is 6.39. The maximum atomic E-state index is 11.2. The fraction of sp³-hybridized carbons (Fsp3) is 0.667. The largest absolute Gasteiger partial charge is 0.494 e. The van der Waals surface area contributed by atoms with Gasteiger partial charge < -0.3 is 9.84 Å². The summed E-state index contributed by atoms with van der Waals surface area (Å²) in [7, 11) is 0. The average molecular weight is 276 g/mol. The summed E-state index contributed by atoms with van der Waals surface area (Å²) in [5, 5.41) is 11.2. The van der Waals surface area contributed by atoms with Crippen molar-refractivity contribution in [3.8, 4) is 5.75 Å². The quantitative estimate of drug-likeness (QED) is 0.857. The molecule has 1 aromatic rings. The summed E-state index contributed by atoms with van der Waals surface area (Å²) >= 11 is 0. The smallest absolute Gasteiger partial charge is 0.119 e. The van der Waals surface area contributed by atoms with Gasteiger partial charge in [-0.2, -0.15) is 0 Å². The highest BCUT2D eigenvalue weighted by Gasteiger charge is 2.41. The Kier molecular flexibility index (Phi) is 5.09. The summed E-state index contributed by atoms with van der Waals surface area (Å²) in [4.78, 5) is 0. The standard InChI is InChI=1S/C18H28O2/c1-4-13-20-16-10-8-15(9-11-16)18(19)12-6-5-7-17(18)14(2)3/h8-11,14,17,19H,4-7,12-13H2,1-3H3. The van der Waals surface area contributed by atoms with Crippen LogP contribution < -0.4 is 4.74 Å². The molecular formula is C18H28O2. The topological polar surface area (TPSA) is 29.5 Å². The van der Waals surface area contributed by atoms with Crippen molar-refractivity contribution in [2.24, 2.45) is 11.8 Å². The zero-order valence-corrected chi connectivity index (χ0v) is 13.1. The zero-order valence-electron chi connectivity index (χ0n) is 13.1. The molecule has 1 N–H and O–H groups in total. The van der Waals surface area contributed by atoms with Crippen LogP contribution in [0.25, 0.3) is 0 Å². The molecule has 0 aliphatic heterocycles. The summed E-state index contributed by atoms with van der Waals surface area (Å²) in [6.07, 6.45) is 5.38. The third-order valence-electron chi connectivity index (χ3n) is 4.57. The molecule has 0 aromatic heterocycles. The van der Waals surface area contributed by atoms with Crippen molar-refractivity contribution in [2.75, 3.05) is 6.61 Å². The molecule has 2 rings (SSSR count). The molecule has 1 aliphatic carbocycles. The number of rotatable bonds is 5. The van der Waals surface area contributed by atoms with Crippen molar-refractivity contribution in [2.45, 2.75) is 58.5 Å². The molecule has 20 heavy (non-hydrogen) atoms. The molecule has 1 aliphatic rings. The number of hydrogen-bond acceptors (Lipinski definition) is 2. The second-order valence-corrected chi connectivity index (χ2v) is 6.39. The van der Waals surface area contributed by atoms with E-state index in [1.54, 1.807) is 0 Å². The number of aliphatic hydroxyl groups is 1. The van der Waals surface area contributed by atoms with Gasteiger partial charge in [-0.3, -0.25) is 0 Å². The molecule has 0 heterocycles. The highest BCUT2D eigenvalue weighted by atomic mass is 16.5. The van der Waals surface area contributed by atoms with Crippen LogP contribution in [-0.4, -0.2) is 11.7 Å². The summed E-state index contributed by atoms with van der Waals surface area (Å²) in [6, 6.07) is 8.08. The average Bonchev–Trinajstić information content (AvgIpc) is 2.45. The van der Waals surface area contributed by atoms with Gasteiger partial charge in [-0.25, -0.2) is 0 Å². The first-order valence-electron chi connectivity index (χ1n) is 8.03. The highest BCUT2D eigenvalue weighted by molar-refractivity contribution is 5.32. The van der Waals surface area contributed by atoms with E-state index in [0.29, 0.717) is 11.8 Å². The van der Waals surface area contributed by atoms with Gasteiger partial charge in [0.05, 0.1) is 12.2 Å². The van der Waals surface area contributed by atoms with Crippen molar-refractivity contribution in [3.05, 3.63) is 29.8 Å².